The number of halogens is 3. The molecule has 0 radical (unpaired) electrons. The minimum absolute atomic E-state index is 0.0328. The van der Waals surface area contributed by atoms with E-state index in [0.29, 0.717) is 12.5 Å². The van der Waals surface area contributed by atoms with E-state index in [1.807, 2.05) is 6.92 Å². The number of hydrogen-bond donors (Lipinski definition) is 1. The van der Waals surface area contributed by atoms with Crippen LogP contribution in [0.2, 0.25) is 0 Å². The molecule has 1 aliphatic heterocycles. The van der Waals surface area contributed by atoms with Crippen molar-refractivity contribution in [3.63, 3.8) is 0 Å². The van der Waals surface area contributed by atoms with E-state index in [0.717, 1.165) is 31.3 Å². The second-order valence-electron chi connectivity index (χ2n) is 4.51. The summed E-state index contributed by atoms with van der Waals surface area (Å²) in [6.45, 7) is 3.58. The monoisotopic (exact) mass is 260 g/mol. The van der Waals surface area contributed by atoms with E-state index in [4.69, 9.17) is 4.74 Å². The lowest BCUT2D eigenvalue weighted by Gasteiger charge is -2.29. The maximum absolute atomic E-state index is 12.5. The van der Waals surface area contributed by atoms with Gasteiger partial charge < -0.3 is 10.1 Å². The molecule has 2 rings (SSSR count). The molecule has 2 atom stereocenters. The lowest BCUT2D eigenvalue weighted by Crippen LogP contribution is -2.43. The van der Waals surface area contributed by atoms with E-state index in [2.05, 4.69) is 10.3 Å². The molecule has 1 aromatic heterocycles. The molecular weight excluding hydrogens is 245 g/mol. The lowest BCUT2D eigenvalue weighted by molar-refractivity contribution is -0.137. The van der Waals surface area contributed by atoms with Crippen LogP contribution in [-0.4, -0.2) is 24.2 Å². The molecule has 100 valence electrons. The number of hydrogen-bond acceptors (Lipinski definition) is 3. The SMILES string of the molecule is CC1CCNCC1Oc1cc(C(F)(F)F)ccn1. The summed E-state index contributed by atoms with van der Waals surface area (Å²) in [6, 6.07) is 1.89. The molecule has 2 unspecified atom stereocenters. The van der Waals surface area contributed by atoms with Gasteiger partial charge in [0.2, 0.25) is 5.88 Å². The summed E-state index contributed by atoms with van der Waals surface area (Å²) < 4.78 is 43.1. The van der Waals surface area contributed by atoms with Gasteiger partial charge in [-0.25, -0.2) is 4.98 Å². The van der Waals surface area contributed by atoms with Crippen LogP contribution in [0.3, 0.4) is 0 Å². The van der Waals surface area contributed by atoms with Crippen molar-refractivity contribution in [2.24, 2.45) is 5.92 Å². The fourth-order valence-corrected chi connectivity index (χ4v) is 1.92. The van der Waals surface area contributed by atoms with E-state index in [1.54, 1.807) is 0 Å². The van der Waals surface area contributed by atoms with Crippen molar-refractivity contribution in [3.05, 3.63) is 23.9 Å². The first-order chi connectivity index (χ1) is 8.47. The third kappa shape index (κ3) is 3.13. The van der Waals surface area contributed by atoms with Gasteiger partial charge in [-0.2, -0.15) is 13.2 Å². The Labute approximate surface area is 103 Å². The molecule has 0 aliphatic carbocycles. The average Bonchev–Trinajstić information content (AvgIpc) is 2.31. The predicted molar refractivity (Wildman–Crippen MR) is 60.3 cm³/mol. The summed E-state index contributed by atoms with van der Waals surface area (Å²) in [5.74, 6) is 0.341. The number of ether oxygens (including phenoxy) is 1. The number of piperidine rings is 1. The van der Waals surface area contributed by atoms with Crippen LogP contribution in [0, 0.1) is 5.92 Å². The largest absolute Gasteiger partial charge is 0.473 e. The highest BCUT2D eigenvalue weighted by Gasteiger charge is 2.31. The van der Waals surface area contributed by atoms with Gasteiger partial charge in [0.25, 0.3) is 0 Å². The molecule has 1 fully saturated rings. The molecule has 1 N–H and O–H groups in total. The molecule has 1 aromatic rings. The van der Waals surface area contributed by atoms with Gasteiger partial charge in [-0.05, 0) is 24.9 Å². The van der Waals surface area contributed by atoms with Gasteiger partial charge >= 0.3 is 6.18 Å². The van der Waals surface area contributed by atoms with Crippen LogP contribution in [0.5, 0.6) is 5.88 Å². The molecule has 0 amide bonds. The number of nitrogens with zero attached hydrogens (tertiary/aromatic N) is 1. The maximum atomic E-state index is 12.5. The molecule has 18 heavy (non-hydrogen) atoms. The Balaban J connectivity index is 2.09. The van der Waals surface area contributed by atoms with Crippen LogP contribution in [0.4, 0.5) is 13.2 Å². The van der Waals surface area contributed by atoms with Crippen molar-refractivity contribution >= 4 is 0 Å². The van der Waals surface area contributed by atoms with Crippen LogP contribution >= 0.6 is 0 Å². The van der Waals surface area contributed by atoms with Crippen LogP contribution in [0.15, 0.2) is 18.3 Å². The second kappa shape index (κ2) is 5.14. The maximum Gasteiger partial charge on any atom is 0.416 e. The molecule has 0 spiro atoms. The summed E-state index contributed by atoms with van der Waals surface area (Å²) >= 11 is 0. The van der Waals surface area contributed by atoms with E-state index >= 15 is 0 Å². The number of rotatable bonds is 2. The smallest absolute Gasteiger partial charge is 0.416 e. The highest BCUT2D eigenvalue weighted by Crippen LogP contribution is 2.31. The van der Waals surface area contributed by atoms with Gasteiger partial charge in [-0.15, -0.1) is 0 Å². The van der Waals surface area contributed by atoms with Crippen molar-refractivity contribution < 1.29 is 17.9 Å². The van der Waals surface area contributed by atoms with Gasteiger partial charge in [0.1, 0.15) is 6.10 Å². The van der Waals surface area contributed by atoms with Crippen molar-refractivity contribution in [2.75, 3.05) is 13.1 Å². The quantitative estimate of drug-likeness (QED) is 0.887. The Morgan fingerprint density at radius 1 is 1.44 bits per heavy atom. The van der Waals surface area contributed by atoms with E-state index in [9.17, 15) is 13.2 Å². The minimum Gasteiger partial charge on any atom is -0.473 e. The van der Waals surface area contributed by atoms with Gasteiger partial charge in [0.05, 0.1) is 5.56 Å². The van der Waals surface area contributed by atoms with Crippen LogP contribution in [0.25, 0.3) is 0 Å². The topological polar surface area (TPSA) is 34.1 Å². The van der Waals surface area contributed by atoms with Crippen molar-refractivity contribution in [2.45, 2.75) is 25.6 Å². The minimum atomic E-state index is -4.36. The molecule has 2 heterocycles. The number of alkyl halides is 3. The first-order valence-electron chi connectivity index (χ1n) is 5.87. The second-order valence-corrected chi connectivity index (χ2v) is 4.51. The Morgan fingerprint density at radius 2 is 2.22 bits per heavy atom. The van der Waals surface area contributed by atoms with Crippen LogP contribution < -0.4 is 10.1 Å². The highest BCUT2D eigenvalue weighted by atomic mass is 19.4. The summed E-state index contributed by atoms with van der Waals surface area (Å²) in [6.07, 6.45) is -2.42. The lowest BCUT2D eigenvalue weighted by atomic mass is 9.97. The third-order valence-corrected chi connectivity index (χ3v) is 3.09. The normalized spacial score (nSPS) is 24.9. The average molecular weight is 260 g/mol. The summed E-state index contributed by atoms with van der Waals surface area (Å²) in [5, 5.41) is 3.16. The van der Waals surface area contributed by atoms with Gasteiger partial charge in [-0.1, -0.05) is 6.92 Å². The first kappa shape index (κ1) is 13.1. The zero-order valence-electron chi connectivity index (χ0n) is 10.00. The van der Waals surface area contributed by atoms with Crippen LogP contribution in [-0.2, 0) is 6.18 Å². The van der Waals surface area contributed by atoms with Crippen molar-refractivity contribution in [1.29, 1.82) is 0 Å². The number of pyridine rings is 1. The molecule has 1 aliphatic rings. The molecular formula is C12H15F3N2O. The fraction of sp³-hybridized carbons (Fsp3) is 0.583. The predicted octanol–water partition coefficient (Wildman–Crippen LogP) is 2.48. The molecule has 0 aromatic carbocycles. The van der Waals surface area contributed by atoms with Gasteiger partial charge in [-0.3, -0.25) is 0 Å². The molecule has 0 bridgehead atoms. The highest BCUT2D eigenvalue weighted by molar-refractivity contribution is 5.23. The van der Waals surface area contributed by atoms with E-state index in [-0.39, 0.29) is 12.0 Å². The number of aromatic nitrogens is 1. The van der Waals surface area contributed by atoms with Crippen molar-refractivity contribution in [3.8, 4) is 5.88 Å². The molecule has 1 saturated heterocycles. The molecule has 0 saturated carbocycles. The van der Waals surface area contributed by atoms with Crippen molar-refractivity contribution in [1.82, 2.24) is 10.3 Å². The summed E-state index contributed by atoms with van der Waals surface area (Å²) in [4.78, 5) is 3.83. The molecule has 6 heteroatoms. The molecule has 3 nitrogen and oxygen atoms in total. The van der Waals surface area contributed by atoms with Gasteiger partial charge in [0.15, 0.2) is 0 Å². The fourth-order valence-electron chi connectivity index (χ4n) is 1.92. The van der Waals surface area contributed by atoms with E-state index < -0.39 is 11.7 Å². The zero-order valence-corrected chi connectivity index (χ0v) is 10.00. The summed E-state index contributed by atoms with van der Waals surface area (Å²) in [7, 11) is 0. The Morgan fingerprint density at radius 3 is 2.89 bits per heavy atom. The Bertz CT molecular complexity index is 409. The van der Waals surface area contributed by atoms with Gasteiger partial charge in [0, 0.05) is 18.8 Å². The zero-order chi connectivity index (χ0) is 13.2. The summed E-state index contributed by atoms with van der Waals surface area (Å²) in [5.41, 5.74) is -0.732. The third-order valence-electron chi connectivity index (χ3n) is 3.09. The Hall–Kier alpha value is -1.30. The standard InChI is InChI=1S/C12H15F3N2O/c1-8-2-4-16-7-10(8)18-11-6-9(3-5-17-11)12(13,14)15/h3,5-6,8,10,16H,2,4,7H2,1H3. The van der Waals surface area contributed by atoms with E-state index in [1.165, 1.54) is 0 Å². The Kier molecular flexibility index (Phi) is 3.75. The first-order valence-corrected chi connectivity index (χ1v) is 5.87. The van der Waals surface area contributed by atoms with Crippen LogP contribution in [0.1, 0.15) is 18.9 Å². The number of nitrogens with one attached hydrogen (secondary N) is 1.